The smallest absolute Gasteiger partial charge is 0.335 e. The van der Waals surface area contributed by atoms with Crippen LogP contribution < -0.4 is 5.73 Å². The van der Waals surface area contributed by atoms with Crippen LogP contribution >= 0.6 is 0 Å². The van der Waals surface area contributed by atoms with Crippen LogP contribution in [0.2, 0.25) is 0 Å². The minimum absolute atomic E-state index is 0.0693. The van der Waals surface area contributed by atoms with Crippen LogP contribution in [0, 0.1) is 0 Å². The molecule has 14 heavy (non-hydrogen) atoms. The third-order valence-electron chi connectivity index (χ3n) is 1.74. The van der Waals surface area contributed by atoms with Crippen LogP contribution in [0.15, 0.2) is 24.3 Å². The average molecular weight is 193 g/mol. The van der Waals surface area contributed by atoms with E-state index in [1.54, 1.807) is 12.1 Å². The van der Waals surface area contributed by atoms with Crippen LogP contribution in [0.25, 0.3) is 6.08 Å². The number of rotatable bonds is 3. The predicted molar refractivity (Wildman–Crippen MR) is 53.9 cm³/mol. The molecule has 0 saturated carbocycles. The van der Waals surface area contributed by atoms with Crippen molar-refractivity contribution in [1.82, 2.24) is 0 Å². The van der Waals surface area contributed by atoms with E-state index in [1.807, 2.05) is 0 Å². The van der Waals surface area contributed by atoms with Crippen LogP contribution in [0.4, 0.5) is 5.69 Å². The van der Waals surface area contributed by atoms with E-state index in [9.17, 15) is 4.79 Å². The average Bonchev–Trinajstić information content (AvgIpc) is 2.15. The molecule has 0 heterocycles. The van der Waals surface area contributed by atoms with Crippen LogP contribution in [0.1, 0.15) is 15.9 Å². The summed E-state index contributed by atoms with van der Waals surface area (Å²) in [7, 11) is 0. The highest BCUT2D eigenvalue weighted by atomic mass is 16.4. The molecule has 0 unspecified atom stereocenters. The third kappa shape index (κ3) is 2.34. The summed E-state index contributed by atoms with van der Waals surface area (Å²) < 4.78 is 0. The van der Waals surface area contributed by atoms with Gasteiger partial charge >= 0.3 is 5.97 Å². The lowest BCUT2D eigenvalue weighted by Gasteiger charge is -2.01. The Labute approximate surface area is 81.3 Å². The second kappa shape index (κ2) is 4.43. The Morgan fingerprint density at radius 2 is 2.21 bits per heavy atom. The number of hydrogen-bond donors (Lipinski definition) is 3. The summed E-state index contributed by atoms with van der Waals surface area (Å²) in [5, 5.41) is 17.2. The first-order valence-corrected chi connectivity index (χ1v) is 4.05. The van der Waals surface area contributed by atoms with Crippen molar-refractivity contribution in [2.45, 2.75) is 0 Å². The van der Waals surface area contributed by atoms with Crippen LogP contribution in [0.5, 0.6) is 0 Å². The number of hydrogen-bond acceptors (Lipinski definition) is 3. The first-order valence-electron chi connectivity index (χ1n) is 4.05. The maximum Gasteiger partial charge on any atom is 0.335 e. The number of anilines is 1. The number of nitrogens with two attached hydrogens (primary N) is 1. The molecule has 0 aliphatic carbocycles. The lowest BCUT2D eigenvalue weighted by atomic mass is 10.1. The number of carboxylic acids is 1. The van der Waals surface area contributed by atoms with E-state index in [2.05, 4.69) is 0 Å². The molecule has 4 heteroatoms. The molecule has 1 aromatic carbocycles. The Morgan fingerprint density at radius 3 is 2.71 bits per heavy atom. The van der Waals surface area contributed by atoms with E-state index in [-0.39, 0.29) is 12.2 Å². The fourth-order valence-electron chi connectivity index (χ4n) is 1.04. The molecule has 74 valence electrons. The molecule has 0 amide bonds. The number of benzene rings is 1. The van der Waals surface area contributed by atoms with Gasteiger partial charge in [-0.25, -0.2) is 4.79 Å². The van der Waals surface area contributed by atoms with Gasteiger partial charge in [-0.1, -0.05) is 18.2 Å². The van der Waals surface area contributed by atoms with E-state index in [0.29, 0.717) is 11.3 Å². The van der Waals surface area contributed by atoms with Gasteiger partial charge in [-0.3, -0.25) is 0 Å². The highest BCUT2D eigenvalue weighted by molar-refractivity contribution is 5.89. The minimum Gasteiger partial charge on any atom is -0.478 e. The standard InChI is InChI=1S/C10H11NO3/c11-9-6-8(10(13)14)4-3-7(9)2-1-5-12/h1-4,6,12H,5,11H2,(H,13,14). The van der Waals surface area contributed by atoms with Gasteiger partial charge in [0, 0.05) is 5.69 Å². The van der Waals surface area contributed by atoms with Crippen molar-refractivity contribution in [2.75, 3.05) is 12.3 Å². The summed E-state index contributed by atoms with van der Waals surface area (Å²) in [6.07, 6.45) is 3.17. The van der Waals surface area contributed by atoms with Gasteiger partial charge in [0.2, 0.25) is 0 Å². The quantitative estimate of drug-likeness (QED) is 0.624. The van der Waals surface area contributed by atoms with E-state index in [1.165, 1.54) is 18.2 Å². The Hall–Kier alpha value is -1.81. The molecular formula is C10H11NO3. The zero-order valence-corrected chi connectivity index (χ0v) is 7.47. The predicted octanol–water partition coefficient (Wildman–Crippen LogP) is 0.973. The largest absolute Gasteiger partial charge is 0.478 e. The summed E-state index contributed by atoms with van der Waals surface area (Å²) in [5.41, 5.74) is 6.84. The second-order valence-corrected chi connectivity index (χ2v) is 2.73. The maximum absolute atomic E-state index is 10.6. The van der Waals surface area contributed by atoms with Gasteiger partial charge in [0.05, 0.1) is 12.2 Å². The molecular weight excluding hydrogens is 182 g/mol. The topological polar surface area (TPSA) is 83.6 Å². The summed E-state index contributed by atoms with van der Waals surface area (Å²) in [6, 6.07) is 4.46. The number of carboxylic acid groups (broad SMARTS) is 1. The number of aliphatic hydroxyl groups is 1. The van der Waals surface area contributed by atoms with Gasteiger partial charge < -0.3 is 15.9 Å². The number of aromatic carboxylic acids is 1. The molecule has 0 spiro atoms. The molecule has 0 aromatic heterocycles. The van der Waals surface area contributed by atoms with Crippen molar-refractivity contribution in [3.05, 3.63) is 35.4 Å². The van der Waals surface area contributed by atoms with Crippen LogP contribution in [-0.2, 0) is 0 Å². The molecule has 0 atom stereocenters. The van der Waals surface area contributed by atoms with Crippen molar-refractivity contribution < 1.29 is 15.0 Å². The Balaban J connectivity index is 3.01. The van der Waals surface area contributed by atoms with Gasteiger partial charge in [0.25, 0.3) is 0 Å². The zero-order chi connectivity index (χ0) is 10.6. The van der Waals surface area contributed by atoms with Crippen molar-refractivity contribution in [2.24, 2.45) is 0 Å². The van der Waals surface area contributed by atoms with Crippen molar-refractivity contribution >= 4 is 17.7 Å². The molecule has 4 N–H and O–H groups in total. The van der Waals surface area contributed by atoms with Crippen molar-refractivity contribution in [3.63, 3.8) is 0 Å². The molecule has 0 radical (unpaired) electrons. The van der Waals surface area contributed by atoms with E-state index >= 15 is 0 Å². The summed E-state index contributed by atoms with van der Waals surface area (Å²) in [6.45, 7) is -0.0693. The van der Waals surface area contributed by atoms with Crippen molar-refractivity contribution in [3.8, 4) is 0 Å². The van der Waals surface area contributed by atoms with Gasteiger partial charge in [-0.05, 0) is 17.7 Å². The fraction of sp³-hybridized carbons (Fsp3) is 0.100. The summed E-state index contributed by atoms with van der Waals surface area (Å²) in [5.74, 6) is -1.01. The van der Waals surface area contributed by atoms with Crippen LogP contribution in [-0.4, -0.2) is 22.8 Å². The number of aliphatic hydroxyl groups excluding tert-OH is 1. The monoisotopic (exact) mass is 193 g/mol. The van der Waals surface area contributed by atoms with Gasteiger partial charge in [0.1, 0.15) is 0 Å². The Morgan fingerprint density at radius 1 is 1.50 bits per heavy atom. The minimum atomic E-state index is -1.01. The van der Waals surface area contributed by atoms with Gasteiger partial charge in [-0.15, -0.1) is 0 Å². The van der Waals surface area contributed by atoms with Crippen LogP contribution in [0.3, 0.4) is 0 Å². The lowest BCUT2D eigenvalue weighted by Crippen LogP contribution is -1.99. The van der Waals surface area contributed by atoms with E-state index in [0.717, 1.165) is 0 Å². The first-order chi connectivity index (χ1) is 6.65. The Kier molecular flexibility index (Phi) is 3.25. The van der Waals surface area contributed by atoms with Gasteiger partial charge in [-0.2, -0.15) is 0 Å². The summed E-state index contributed by atoms with van der Waals surface area (Å²) in [4.78, 5) is 10.6. The highest BCUT2D eigenvalue weighted by Crippen LogP contribution is 2.15. The highest BCUT2D eigenvalue weighted by Gasteiger charge is 2.03. The molecule has 4 nitrogen and oxygen atoms in total. The molecule has 1 rings (SSSR count). The lowest BCUT2D eigenvalue weighted by molar-refractivity contribution is 0.0697. The molecule has 0 bridgehead atoms. The fourth-order valence-corrected chi connectivity index (χ4v) is 1.04. The molecule has 0 saturated heterocycles. The SMILES string of the molecule is Nc1cc(C(=O)O)ccc1C=CCO. The normalized spacial score (nSPS) is 10.6. The van der Waals surface area contributed by atoms with Gasteiger partial charge in [0.15, 0.2) is 0 Å². The zero-order valence-electron chi connectivity index (χ0n) is 7.47. The number of carbonyl (C=O) groups is 1. The molecule has 0 aliphatic rings. The second-order valence-electron chi connectivity index (χ2n) is 2.73. The number of nitrogen functional groups attached to an aromatic ring is 1. The third-order valence-corrected chi connectivity index (χ3v) is 1.74. The Bertz CT molecular complexity index is 372. The molecule has 1 aromatic rings. The van der Waals surface area contributed by atoms with Crippen molar-refractivity contribution in [1.29, 1.82) is 0 Å². The maximum atomic E-state index is 10.6. The first kappa shape index (κ1) is 10.3. The summed E-state index contributed by atoms with van der Waals surface area (Å²) >= 11 is 0. The van der Waals surface area contributed by atoms with E-state index < -0.39 is 5.97 Å². The molecule has 0 fully saturated rings. The molecule has 0 aliphatic heterocycles. The van der Waals surface area contributed by atoms with E-state index in [4.69, 9.17) is 15.9 Å².